The van der Waals surface area contributed by atoms with Gasteiger partial charge in [0.15, 0.2) is 6.10 Å². The van der Waals surface area contributed by atoms with Crippen molar-refractivity contribution < 1.29 is 32.1 Å². The van der Waals surface area contributed by atoms with Gasteiger partial charge in [-0.15, -0.1) is 0 Å². The van der Waals surface area contributed by atoms with E-state index in [1.807, 2.05) is 12.1 Å². The lowest BCUT2D eigenvalue weighted by Crippen LogP contribution is -2.49. The lowest BCUT2D eigenvalue weighted by molar-refractivity contribution is -0.137. The summed E-state index contributed by atoms with van der Waals surface area (Å²) in [6.45, 7) is 2.38. The second-order valence-corrected chi connectivity index (χ2v) is 9.69. The summed E-state index contributed by atoms with van der Waals surface area (Å²) in [5, 5.41) is 10.7. The number of pyridine rings is 1. The van der Waals surface area contributed by atoms with Gasteiger partial charge in [-0.2, -0.15) is 13.2 Å². The highest BCUT2D eigenvalue weighted by molar-refractivity contribution is 5.92. The Labute approximate surface area is 216 Å². The number of hydrogen-bond donors (Lipinski definition) is 1. The summed E-state index contributed by atoms with van der Waals surface area (Å²) in [6.07, 6.45) is -3.60. The number of ether oxygens (including phenoxy) is 2. The fraction of sp³-hybridized carbons (Fsp3) is 0.276. The van der Waals surface area contributed by atoms with Gasteiger partial charge in [0, 0.05) is 59.9 Å². The highest BCUT2D eigenvalue weighted by atomic mass is 19.4. The molecular formula is C29H24F4N2O3. The van der Waals surface area contributed by atoms with E-state index in [1.165, 1.54) is 6.07 Å². The molecule has 1 atom stereocenters. The van der Waals surface area contributed by atoms with E-state index in [0.717, 1.165) is 41.7 Å². The molecule has 0 saturated carbocycles. The van der Waals surface area contributed by atoms with E-state index in [9.17, 15) is 22.7 Å². The number of likely N-dealkylation sites (tertiary alicyclic amines) is 1. The number of aromatic hydroxyl groups is 1. The predicted molar refractivity (Wildman–Crippen MR) is 134 cm³/mol. The van der Waals surface area contributed by atoms with Gasteiger partial charge in [-0.05, 0) is 48.0 Å². The number of rotatable bonds is 6. The van der Waals surface area contributed by atoms with E-state index >= 15 is 0 Å². The van der Waals surface area contributed by atoms with Crippen LogP contribution in [-0.2, 0) is 6.18 Å². The molecule has 6 rings (SSSR count). The van der Waals surface area contributed by atoms with Gasteiger partial charge < -0.3 is 14.6 Å². The van der Waals surface area contributed by atoms with E-state index < -0.39 is 17.8 Å². The maximum atomic E-state index is 13.5. The summed E-state index contributed by atoms with van der Waals surface area (Å²) in [7, 11) is 0. The van der Waals surface area contributed by atoms with Crippen LogP contribution in [0.25, 0.3) is 22.0 Å². The third-order valence-electron chi connectivity index (χ3n) is 7.11. The smallest absolute Gasteiger partial charge is 0.416 e. The number of halogens is 4. The van der Waals surface area contributed by atoms with Crippen molar-refractivity contribution in [2.45, 2.75) is 12.3 Å². The summed E-state index contributed by atoms with van der Waals surface area (Å²) < 4.78 is 65.1. The second-order valence-electron chi connectivity index (χ2n) is 9.69. The van der Waals surface area contributed by atoms with Gasteiger partial charge in [0.05, 0.1) is 17.8 Å². The Hall–Kier alpha value is -3.85. The quantitative estimate of drug-likeness (QED) is 0.297. The molecule has 196 valence electrons. The van der Waals surface area contributed by atoms with Gasteiger partial charge in [0.25, 0.3) is 0 Å². The van der Waals surface area contributed by atoms with Crippen LogP contribution in [0.15, 0.2) is 66.9 Å². The zero-order valence-electron chi connectivity index (χ0n) is 20.2. The minimum absolute atomic E-state index is 0.0633. The minimum atomic E-state index is -4.50. The summed E-state index contributed by atoms with van der Waals surface area (Å²) >= 11 is 0. The van der Waals surface area contributed by atoms with Gasteiger partial charge in [0.1, 0.15) is 23.9 Å². The molecule has 0 bridgehead atoms. The molecule has 3 aromatic carbocycles. The fourth-order valence-electron chi connectivity index (χ4n) is 5.13. The molecule has 3 heterocycles. The lowest BCUT2D eigenvalue weighted by atomic mass is 9.87. The normalized spacial score (nSPS) is 17.4. The monoisotopic (exact) mass is 524 g/mol. The van der Waals surface area contributed by atoms with Crippen LogP contribution in [-0.4, -0.2) is 47.9 Å². The van der Waals surface area contributed by atoms with Crippen LogP contribution in [0.1, 0.15) is 22.8 Å². The number of nitrogens with zero attached hydrogens (tertiary/aromatic N) is 2. The SMILES string of the molecule is Oc1ccc2c3c(cnc2c1)-c1ccc(C(F)(F)F)cc1OC3c1ccc(OCCN2CC(CF)C2)cc1. The van der Waals surface area contributed by atoms with E-state index in [4.69, 9.17) is 9.47 Å². The maximum absolute atomic E-state index is 13.5. The molecule has 0 radical (unpaired) electrons. The molecule has 2 aliphatic heterocycles. The Morgan fingerprint density at radius 2 is 1.79 bits per heavy atom. The van der Waals surface area contributed by atoms with Crippen molar-refractivity contribution in [3.8, 4) is 28.4 Å². The van der Waals surface area contributed by atoms with Gasteiger partial charge in [-0.1, -0.05) is 12.1 Å². The van der Waals surface area contributed by atoms with Gasteiger partial charge in [-0.25, -0.2) is 0 Å². The zero-order chi connectivity index (χ0) is 26.4. The van der Waals surface area contributed by atoms with Gasteiger partial charge in [0.2, 0.25) is 0 Å². The zero-order valence-corrected chi connectivity index (χ0v) is 20.2. The number of fused-ring (bicyclic) bond motifs is 5. The largest absolute Gasteiger partial charge is 0.508 e. The first-order valence-corrected chi connectivity index (χ1v) is 12.3. The molecule has 1 aromatic heterocycles. The predicted octanol–water partition coefficient (Wildman–Crippen LogP) is 6.39. The number of benzene rings is 3. The second kappa shape index (κ2) is 9.47. The first-order chi connectivity index (χ1) is 18.3. The molecule has 0 spiro atoms. The Morgan fingerprint density at radius 3 is 2.53 bits per heavy atom. The third-order valence-corrected chi connectivity index (χ3v) is 7.11. The van der Waals surface area contributed by atoms with E-state index in [2.05, 4.69) is 9.88 Å². The molecule has 1 N–H and O–H groups in total. The molecule has 1 unspecified atom stereocenters. The molecule has 5 nitrogen and oxygen atoms in total. The molecule has 0 amide bonds. The molecule has 1 fully saturated rings. The van der Waals surface area contributed by atoms with Crippen molar-refractivity contribution in [3.63, 3.8) is 0 Å². The molecule has 2 aliphatic rings. The first kappa shape index (κ1) is 24.5. The molecule has 9 heteroatoms. The van der Waals surface area contributed by atoms with Crippen LogP contribution < -0.4 is 9.47 Å². The van der Waals surface area contributed by atoms with Crippen molar-refractivity contribution in [1.29, 1.82) is 0 Å². The number of hydrogen-bond acceptors (Lipinski definition) is 5. The maximum Gasteiger partial charge on any atom is 0.416 e. The van der Waals surface area contributed by atoms with Crippen LogP contribution in [0, 0.1) is 5.92 Å². The van der Waals surface area contributed by atoms with Crippen LogP contribution >= 0.6 is 0 Å². The van der Waals surface area contributed by atoms with Crippen LogP contribution in [0.2, 0.25) is 0 Å². The van der Waals surface area contributed by atoms with E-state index in [1.54, 1.807) is 36.5 Å². The Morgan fingerprint density at radius 1 is 1.00 bits per heavy atom. The summed E-state index contributed by atoms with van der Waals surface area (Å²) in [4.78, 5) is 6.59. The number of aromatic nitrogens is 1. The van der Waals surface area contributed by atoms with E-state index in [0.29, 0.717) is 35.5 Å². The van der Waals surface area contributed by atoms with Crippen molar-refractivity contribution >= 4 is 10.9 Å². The topological polar surface area (TPSA) is 54.8 Å². The Bertz CT molecular complexity index is 1480. The van der Waals surface area contributed by atoms with Crippen molar-refractivity contribution in [2.24, 2.45) is 5.92 Å². The Balaban J connectivity index is 1.32. The van der Waals surface area contributed by atoms with Crippen molar-refractivity contribution in [2.75, 3.05) is 32.9 Å². The summed E-state index contributed by atoms with van der Waals surface area (Å²) in [5.41, 5.74) is 2.44. The van der Waals surface area contributed by atoms with E-state index in [-0.39, 0.29) is 24.1 Å². The molecule has 4 aromatic rings. The van der Waals surface area contributed by atoms with Crippen LogP contribution in [0.3, 0.4) is 0 Å². The van der Waals surface area contributed by atoms with Crippen molar-refractivity contribution in [1.82, 2.24) is 9.88 Å². The average molecular weight is 525 g/mol. The Kier molecular flexibility index (Phi) is 6.10. The molecular weight excluding hydrogens is 500 g/mol. The van der Waals surface area contributed by atoms with Crippen LogP contribution in [0.5, 0.6) is 17.2 Å². The van der Waals surface area contributed by atoms with Gasteiger partial charge >= 0.3 is 6.18 Å². The number of phenolic OH excluding ortho intramolecular Hbond substituents is 1. The molecule has 0 aliphatic carbocycles. The fourth-order valence-corrected chi connectivity index (χ4v) is 5.13. The number of phenols is 1. The average Bonchev–Trinajstić information content (AvgIpc) is 2.88. The third kappa shape index (κ3) is 4.51. The van der Waals surface area contributed by atoms with Crippen molar-refractivity contribution in [3.05, 3.63) is 83.6 Å². The number of alkyl halides is 4. The molecule has 1 saturated heterocycles. The highest BCUT2D eigenvalue weighted by Crippen LogP contribution is 2.48. The highest BCUT2D eigenvalue weighted by Gasteiger charge is 2.35. The first-order valence-electron chi connectivity index (χ1n) is 12.3. The lowest BCUT2D eigenvalue weighted by Gasteiger charge is -2.37. The molecule has 38 heavy (non-hydrogen) atoms. The summed E-state index contributed by atoms with van der Waals surface area (Å²) in [5.74, 6) is 0.962. The minimum Gasteiger partial charge on any atom is -0.508 e. The van der Waals surface area contributed by atoms with Gasteiger partial charge in [-0.3, -0.25) is 14.3 Å². The van der Waals surface area contributed by atoms with Crippen LogP contribution in [0.4, 0.5) is 17.6 Å². The summed E-state index contributed by atoms with van der Waals surface area (Å²) in [6, 6.07) is 15.6. The standard InChI is InChI=1S/C29H24F4N2O3/c30-13-17-15-35(16-17)9-10-37-21-5-1-18(2-6-21)28-27-23-8-4-20(36)12-25(23)34-14-24(27)22-7-3-19(29(31,32)33)11-26(22)38-28/h1-8,11-12,14,17,28,36H,9-10,13,15-16H2.